The maximum absolute atomic E-state index is 5.83. The summed E-state index contributed by atoms with van der Waals surface area (Å²) in [5.41, 5.74) is 1.36. The highest BCUT2D eigenvalue weighted by atomic mass is 16.5. The van der Waals surface area contributed by atoms with Crippen LogP contribution >= 0.6 is 0 Å². The normalized spacial score (nSPS) is 12.8. The first-order valence-corrected chi connectivity index (χ1v) is 6.60. The van der Waals surface area contributed by atoms with Crippen LogP contribution in [0.5, 0.6) is 5.75 Å². The molecule has 0 aliphatic carbocycles. The van der Waals surface area contributed by atoms with Crippen molar-refractivity contribution in [3.05, 3.63) is 29.8 Å². The van der Waals surface area contributed by atoms with Crippen LogP contribution in [0.2, 0.25) is 0 Å². The van der Waals surface area contributed by atoms with Gasteiger partial charge in [0, 0.05) is 6.54 Å². The lowest BCUT2D eigenvalue weighted by Crippen LogP contribution is -2.29. The van der Waals surface area contributed by atoms with E-state index in [2.05, 4.69) is 57.3 Å². The quantitative estimate of drug-likeness (QED) is 0.729. The fourth-order valence-corrected chi connectivity index (χ4v) is 1.69. The van der Waals surface area contributed by atoms with Gasteiger partial charge in [0.2, 0.25) is 0 Å². The van der Waals surface area contributed by atoms with E-state index >= 15 is 0 Å². The minimum atomic E-state index is 0.214. The molecule has 1 aromatic rings. The monoisotopic (exact) mass is 235 g/mol. The van der Waals surface area contributed by atoms with Gasteiger partial charge in [0.05, 0.1) is 0 Å². The van der Waals surface area contributed by atoms with Gasteiger partial charge in [0.25, 0.3) is 0 Å². The van der Waals surface area contributed by atoms with Crippen molar-refractivity contribution in [2.75, 3.05) is 13.1 Å². The Morgan fingerprint density at radius 2 is 1.76 bits per heavy atom. The fourth-order valence-electron chi connectivity index (χ4n) is 1.69. The van der Waals surface area contributed by atoms with Crippen LogP contribution in [0, 0.1) is 0 Å². The van der Waals surface area contributed by atoms with Gasteiger partial charge in [-0.3, -0.25) is 0 Å². The molecule has 1 rings (SSSR count). The summed E-state index contributed by atoms with van der Waals surface area (Å²) in [5, 5.41) is 3.36. The van der Waals surface area contributed by atoms with Crippen molar-refractivity contribution in [2.24, 2.45) is 0 Å². The predicted octanol–water partition coefficient (Wildman–Crippen LogP) is 3.58. The molecule has 1 atom stereocenters. The zero-order chi connectivity index (χ0) is 12.7. The number of nitrogens with one attached hydrogen (secondary N) is 1. The zero-order valence-corrected chi connectivity index (χ0v) is 11.5. The van der Waals surface area contributed by atoms with Gasteiger partial charge in [-0.05, 0) is 43.5 Å². The van der Waals surface area contributed by atoms with Gasteiger partial charge in [0.1, 0.15) is 11.9 Å². The summed E-state index contributed by atoms with van der Waals surface area (Å²) >= 11 is 0. The Labute approximate surface area is 105 Å². The average Bonchev–Trinajstić information content (AvgIpc) is 2.30. The van der Waals surface area contributed by atoms with Crippen LogP contribution in [0.25, 0.3) is 0 Å². The van der Waals surface area contributed by atoms with Crippen LogP contribution < -0.4 is 10.1 Å². The Morgan fingerprint density at radius 1 is 1.12 bits per heavy atom. The molecule has 0 saturated carbocycles. The molecular weight excluding hydrogens is 210 g/mol. The van der Waals surface area contributed by atoms with Crippen molar-refractivity contribution in [3.63, 3.8) is 0 Å². The molecule has 2 nitrogen and oxygen atoms in total. The number of benzene rings is 1. The molecule has 0 saturated heterocycles. The van der Waals surface area contributed by atoms with Gasteiger partial charge in [-0.2, -0.15) is 0 Å². The molecule has 0 aliphatic rings. The van der Waals surface area contributed by atoms with Crippen molar-refractivity contribution in [2.45, 2.75) is 46.1 Å². The molecule has 0 fully saturated rings. The standard InChI is InChI=1S/C15H25NO/c1-5-10-16-11-13(4)17-15-8-6-14(7-9-15)12(2)3/h6-9,12-13,16H,5,10-11H2,1-4H3. The Balaban J connectivity index is 2.40. The van der Waals surface area contributed by atoms with Crippen LogP contribution in [-0.4, -0.2) is 19.2 Å². The minimum absolute atomic E-state index is 0.214. The lowest BCUT2D eigenvalue weighted by Gasteiger charge is -2.16. The molecule has 96 valence electrons. The van der Waals surface area contributed by atoms with Gasteiger partial charge in [-0.1, -0.05) is 32.9 Å². The topological polar surface area (TPSA) is 21.3 Å². The SMILES string of the molecule is CCCNCC(C)Oc1ccc(C(C)C)cc1. The summed E-state index contributed by atoms with van der Waals surface area (Å²) in [6, 6.07) is 8.41. The van der Waals surface area contributed by atoms with E-state index in [0.29, 0.717) is 5.92 Å². The van der Waals surface area contributed by atoms with Gasteiger partial charge in [-0.25, -0.2) is 0 Å². The first-order chi connectivity index (χ1) is 8.13. The van der Waals surface area contributed by atoms with E-state index in [9.17, 15) is 0 Å². The fraction of sp³-hybridized carbons (Fsp3) is 0.600. The van der Waals surface area contributed by atoms with Crippen LogP contribution in [0.3, 0.4) is 0 Å². The van der Waals surface area contributed by atoms with E-state index in [0.717, 1.165) is 25.3 Å². The van der Waals surface area contributed by atoms with E-state index in [1.54, 1.807) is 0 Å². The lowest BCUT2D eigenvalue weighted by molar-refractivity contribution is 0.217. The average molecular weight is 235 g/mol. The highest BCUT2D eigenvalue weighted by Gasteiger charge is 2.04. The van der Waals surface area contributed by atoms with Crippen molar-refractivity contribution in [1.82, 2.24) is 5.32 Å². The highest BCUT2D eigenvalue weighted by molar-refractivity contribution is 5.29. The summed E-state index contributed by atoms with van der Waals surface area (Å²) in [6.45, 7) is 10.6. The molecule has 0 amide bonds. The second kappa shape index (κ2) is 7.33. The summed E-state index contributed by atoms with van der Waals surface area (Å²) in [6.07, 6.45) is 1.38. The Bertz CT molecular complexity index is 305. The van der Waals surface area contributed by atoms with E-state index < -0.39 is 0 Å². The summed E-state index contributed by atoms with van der Waals surface area (Å²) in [4.78, 5) is 0. The Morgan fingerprint density at radius 3 is 2.29 bits per heavy atom. The first kappa shape index (κ1) is 14.0. The molecule has 2 heteroatoms. The summed E-state index contributed by atoms with van der Waals surface area (Å²) in [5.74, 6) is 1.54. The molecule has 0 aliphatic heterocycles. The van der Waals surface area contributed by atoms with Crippen LogP contribution in [-0.2, 0) is 0 Å². The third kappa shape index (κ3) is 5.22. The maximum Gasteiger partial charge on any atom is 0.119 e. The molecule has 17 heavy (non-hydrogen) atoms. The van der Waals surface area contributed by atoms with Crippen LogP contribution in [0.15, 0.2) is 24.3 Å². The smallest absolute Gasteiger partial charge is 0.119 e. The Kier molecular flexibility index (Phi) is 6.06. The molecule has 1 N–H and O–H groups in total. The molecule has 0 spiro atoms. The van der Waals surface area contributed by atoms with E-state index in [1.807, 2.05) is 0 Å². The van der Waals surface area contributed by atoms with Crippen molar-refractivity contribution in [1.29, 1.82) is 0 Å². The Hall–Kier alpha value is -1.02. The molecule has 1 unspecified atom stereocenters. The van der Waals surface area contributed by atoms with Crippen molar-refractivity contribution in [3.8, 4) is 5.75 Å². The molecule has 0 aromatic heterocycles. The van der Waals surface area contributed by atoms with Gasteiger partial charge in [0.15, 0.2) is 0 Å². The third-order valence-corrected chi connectivity index (χ3v) is 2.74. The van der Waals surface area contributed by atoms with Crippen LogP contribution in [0.1, 0.15) is 45.6 Å². The summed E-state index contributed by atoms with van der Waals surface area (Å²) in [7, 11) is 0. The first-order valence-electron chi connectivity index (χ1n) is 6.60. The van der Waals surface area contributed by atoms with Crippen molar-refractivity contribution >= 4 is 0 Å². The van der Waals surface area contributed by atoms with Gasteiger partial charge in [-0.15, -0.1) is 0 Å². The number of hydrogen-bond acceptors (Lipinski definition) is 2. The maximum atomic E-state index is 5.83. The van der Waals surface area contributed by atoms with Crippen LogP contribution in [0.4, 0.5) is 0 Å². The van der Waals surface area contributed by atoms with Gasteiger partial charge < -0.3 is 10.1 Å². The van der Waals surface area contributed by atoms with Crippen molar-refractivity contribution < 1.29 is 4.74 Å². The molecule has 0 bridgehead atoms. The lowest BCUT2D eigenvalue weighted by atomic mass is 10.0. The number of ether oxygens (including phenoxy) is 1. The third-order valence-electron chi connectivity index (χ3n) is 2.74. The largest absolute Gasteiger partial charge is 0.489 e. The highest BCUT2D eigenvalue weighted by Crippen LogP contribution is 2.19. The second-order valence-corrected chi connectivity index (χ2v) is 4.86. The molecule has 1 aromatic carbocycles. The summed E-state index contributed by atoms with van der Waals surface area (Å²) < 4.78 is 5.83. The second-order valence-electron chi connectivity index (χ2n) is 4.86. The molecular formula is C15H25NO. The van der Waals surface area contributed by atoms with E-state index in [1.165, 1.54) is 5.56 Å². The zero-order valence-electron chi connectivity index (χ0n) is 11.5. The minimum Gasteiger partial charge on any atom is -0.489 e. The van der Waals surface area contributed by atoms with Gasteiger partial charge >= 0.3 is 0 Å². The van der Waals surface area contributed by atoms with E-state index in [4.69, 9.17) is 4.74 Å². The molecule has 0 heterocycles. The van der Waals surface area contributed by atoms with E-state index in [-0.39, 0.29) is 6.10 Å². The predicted molar refractivity (Wildman–Crippen MR) is 73.8 cm³/mol. The number of rotatable bonds is 7. The number of hydrogen-bond donors (Lipinski definition) is 1. The molecule has 0 radical (unpaired) electrons.